The second kappa shape index (κ2) is 1.07. The van der Waals surface area contributed by atoms with Crippen LogP contribution in [-0.4, -0.2) is 9.61 Å². The quantitative estimate of drug-likeness (QED) is 0.511. The molecule has 0 unspecified atom stereocenters. The minimum absolute atomic E-state index is 1.03. The highest BCUT2D eigenvalue weighted by Crippen LogP contribution is 1.94. The van der Waals surface area contributed by atoms with Crippen molar-refractivity contribution in [3.63, 3.8) is 0 Å². The molecule has 0 saturated heterocycles. The SMILES string of the molecule is c1[nH]n2cccc2c#1. The molecule has 0 atom stereocenters. The van der Waals surface area contributed by atoms with Gasteiger partial charge in [0.25, 0.3) is 0 Å². The van der Waals surface area contributed by atoms with Crippen molar-refractivity contribution in [2.45, 2.75) is 0 Å². The lowest BCUT2D eigenvalue weighted by atomic mass is 10.6. The highest BCUT2D eigenvalue weighted by molar-refractivity contribution is 5.41. The summed E-state index contributed by atoms with van der Waals surface area (Å²) in [5.41, 5.74) is 1.03. The Hall–Kier alpha value is -1.36. The number of aromatic nitrogens is 2. The van der Waals surface area contributed by atoms with Crippen LogP contribution in [0, 0.1) is 12.3 Å². The summed E-state index contributed by atoms with van der Waals surface area (Å²) in [4.78, 5) is 0. The molecule has 0 radical (unpaired) electrons. The van der Waals surface area contributed by atoms with Gasteiger partial charge >= 0.3 is 0 Å². The number of hydrogen-bond donors (Lipinski definition) is 1. The van der Waals surface area contributed by atoms with Gasteiger partial charge in [-0.1, -0.05) is 0 Å². The van der Waals surface area contributed by atoms with Gasteiger partial charge in [0.15, 0.2) is 0 Å². The van der Waals surface area contributed by atoms with E-state index in [2.05, 4.69) is 17.4 Å². The molecule has 0 amide bonds. The number of hydrogen-bond acceptors (Lipinski definition) is 0. The van der Waals surface area contributed by atoms with Gasteiger partial charge in [0, 0.05) is 12.4 Å². The van der Waals surface area contributed by atoms with Gasteiger partial charge in [-0.05, 0) is 18.2 Å². The predicted molar refractivity (Wildman–Crippen MR) is 29.4 cm³/mol. The van der Waals surface area contributed by atoms with Crippen LogP contribution in [0.4, 0.5) is 0 Å². The number of H-pyrrole nitrogens is 1. The highest BCUT2D eigenvalue weighted by Gasteiger charge is 1.83. The van der Waals surface area contributed by atoms with Gasteiger partial charge in [0.2, 0.25) is 0 Å². The molecule has 2 heteroatoms. The first-order chi connectivity index (χ1) is 3.97. The van der Waals surface area contributed by atoms with Gasteiger partial charge in [-0.15, -0.1) is 0 Å². The maximum Gasteiger partial charge on any atom is 0.115 e. The van der Waals surface area contributed by atoms with Gasteiger partial charge in [0.1, 0.15) is 5.52 Å². The fraction of sp³-hybridized carbons (Fsp3) is 0. The number of nitrogens with one attached hydrogen (secondary N) is 1. The van der Waals surface area contributed by atoms with E-state index in [1.165, 1.54) is 0 Å². The summed E-state index contributed by atoms with van der Waals surface area (Å²) in [6.07, 6.45) is 4.65. The Labute approximate surface area is 46.7 Å². The third kappa shape index (κ3) is 0.287. The molecule has 1 N–H and O–H groups in total. The first-order valence-corrected chi connectivity index (χ1v) is 2.41. The summed E-state index contributed by atoms with van der Waals surface area (Å²) in [7, 11) is 0. The minimum atomic E-state index is 1.03. The average Bonchev–Trinajstić information content (AvgIpc) is 2.15. The predicted octanol–water partition coefficient (Wildman–Crippen LogP) is 0.868. The lowest BCUT2D eigenvalue weighted by Gasteiger charge is -1.75. The van der Waals surface area contributed by atoms with Crippen LogP contribution in [0.25, 0.3) is 5.52 Å². The van der Waals surface area contributed by atoms with Crippen molar-refractivity contribution < 1.29 is 0 Å². The van der Waals surface area contributed by atoms with E-state index < -0.39 is 0 Å². The van der Waals surface area contributed by atoms with Crippen LogP contribution < -0.4 is 0 Å². The summed E-state index contributed by atoms with van der Waals surface area (Å²) in [6.45, 7) is 0. The Bertz CT molecular complexity index is 228. The van der Waals surface area contributed by atoms with Crippen molar-refractivity contribution in [1.82, 2.24) is 9.61 Å². The number of aromatic amines is 1. The Kier molecular flexibility index (Phi) is 0.485. The Morgan fingerprint density at radius 3 is 3.50 bits per heavy atom. The van der Waals surface area contributed by atoms with E-state index in [9.17, 15) is 0 Å². The van der Waals surface area contributed by atoms with Crippen LogP contribution in [0.3, 0.4) is 0 Å². The summed E-state index contributed by atoms with van der Waals surface area (Å²) in [5.74, 6) is 0. The van der Waals surface area contributed by atoms with E-state index in [1.807, 2.05) is 22.8 Å². The molecule has 2 aromatic heterocycles. The molecular formula is C6H4N2. The maximum absolute atomic E-state index is 2.88. The Morgan fingerprint density at radius 2 is 2.62 bits per heavy atom. The molecule has 2 rings (SSSR count). The van der Waals surface area contributed by atoms with E-state index in [0.29, 0.717) is 0 Å². The number of fused-ring (bicyclic) bond motifs is 1. The van der Waals surface area contributed by atoms with Crippen LogP contribution in [-0.2, 0) is 0 Å². The van der Waals surface area contributed by atoms with Gasteiger partial charge in [-0.25, -0.2) is 4.52 Å². The van der Waals surface area contributed by atoms with Crippen molar-refractivity contribution >= 4 is 5.52 Å². The smallest absolute Gasteiger partial charge is 0.115 e. The van der Waals surface area contributed by atoms with Crippen molar-refractivity contribution in [2.75, 3.05) is 0 Å². The largest absolute Gasteiger partial charge is 0.251 e. The van der Waals surface area contributed by atoms with E-state index in [1.54, 1.807) is 0 Å². The van der Waals surface area contributed by atoms with Crippen LogP contribution in [0.15, 0.2) is 18.3 Å². The van der Waals surface area contributed by atoms with Gasteiger partial charge in [0.05, 0.1) is 0 Å². The molecule has 0 saturated carbocycles. The monoisotopic (exact) mass is 104 g/mol. The fourth-order valence-corrected chi connectivity index (χ4v) is 0.732. The molecule has 2 nitrogen and oxygen atoms in total. The number of rotatable bonds is 0. The molecule has 0 aliphatic rings. The van der Waals surface area contributed by atoms with Gasteiger partial charge in [-0.3, -0.25) is 5.10 Å². The summed E-state index contributed by atoms with van der Waals surface area (Å²) in [5, 5.41) is 2.84. The summed E-state index contributed by atoms with van der Waals surface area (Å²) < 4.78 is 1.85. The molecule has 0 spiro atoms. The topological polar surface area (TPSA) is 20.2 Å². The summed E-state index contributed by atoms with van der Waals surface area (Å²) in [6, 6.07) is 6.80. The molecule has 0 bridgehead atoms. The highest BCUT2D eigenvalue weighted by atomic mass is 15.2. The fourth-order valence-electron chi connectivity index (χ4n) is 0.732. The first kappa shape index (κ1) is 3.62. The zero-order valence-electron chi connectivity index (χ0n) is 4.18. The van der Waals surface area contributed by atoms with Crippen LogP contribution in [0.5, 0.6) is 0 Å². The van der Waals surface area contributed by atoms with Crippen LogP contribution in [0.2, 0.25) is 0 Å². The standard InChI is InChI=1S/C6H4N2/c1-2-6-3-4-7-8(6)5-1/h1-2,5,7H. The lowest BCUT2D eigenvalue weighted by molar-refractivity contribution is 0.972. The molecule has 0 aromatic carbocycles. The van der Waals surface area contributed by atoms with Gasteiger partial charge in [-0.2, -0.15) is 0 Å². The number of nitrogens with zero attached hydrogens (tertiary/aromatic N) is 1. The Morgan fingerprint density at radius 1 is 1.62 bits per heavy atom. The van der Waals surface area contributed by atoms with E-state index in [0.717, 1.165) is 5.52 Å². The molecule has 0 aliphatic heterocycles. The summed E-state index contributed by atoms with van der Waals surface area (Å²) >= 11 is 0. The van der Waals surface area contributed by atoms with E-state index >= 15 is 0 Å². The third-order valence-electron chi connectivity index (χ3n) is 1.12. The van der Waals surface area contributed by atoms with E-state index in [-0.39, 0.29) is 0 Å². The normalized spacial score (nSPS) is 9.50. The second-order valence-corrected chi connectivity index (χ2v) is 1.63. The van der Waals surface area contributed by atoms with Crippen LogP contribution >= 0.6 is 0 Å². The zero-order chi connectivity index (χ0) is 5.40. The molecule has 2 aromatic rings. The Balaban J connectivity index is 3.06. The molecular weight excluding hydrogens is 100 g/mol. The van der Waals surface area contributed by atoms with Gasteiger partial charge < -0.3 is 0 Å². The van der Waals surface area contributed by atoms with Crippen molar-refractivity contribution in [3.8, 4) is 0 Å². The van der Waals surface area contributed by atoms with Crippen molar-refractivity contribution in [2.24, 2.45) is 0 Å². The zero-order valence-corrected chi connectivity index (χ0v) is 4.18. The second-order valence-electron chi connectivity index (χ2n) is 1.63. The molecule has 38 valence electrons. The third-order valence-corrected chi connectivity index (χ3v) is 1.12. The first-order valence-electron chi connectivity index (χ1n) is 2.41. The molecule has 0 aliphatic carbocycles. The van der Waals surface area contributed by atoms with Crippen molar-refractivity contribution in [1.29, 1.82) is 0 Å². The van der Waals surface area contributed by atoms with Crippen molar-refractivity contribution in [3.05, 3.63) is 30.6 Å². The molecule has 2 heterocycles. The van der Waals surface area contributed by atoms with Crippen LogP contribution in [0.1, 0.15) is 0 Å². The average molecular weight is 104 g/mol. The maximum atomic E-state index is 2.88. The minimum Gasteiger partial charge on any atom is -0.251 e. The van der Waals surface area contributed by atoms with E-state index in [4.69, 9.17) is 0 Å². The molecule has 0 fully saturated rings. The molecule has 8 heavy (non-hydrogen) atoms. The lowest BCUT2D eigenvalue weighted by Crippen LogP contribution is -1.75.